The van der Waals surface area contributed by atoms with Crippen LogP contribution >= 0.6 is 0 Å². The van der Waals surface area contributed by atoms with Crippen molar-refractivity contribution in [3.05, 3.63) is 28.1 Å². The van der Waals surface area contributed by atoms with Crippen LogP contribution in [0.15, 0.2) is 17.2 Å². The van der Waals surface area contributed by atoms with Gasteiger partial charge in [0, 0.05) is 4.91 Å². The molecule has 13 heavy (non-hydrogen) atoms. The van der Waals surface area contributed by atoms with Gasteiger partial charge in [0.25, 0.3) is 0 Å². The Labute approximate surface area is 73.3 Å². The number of hydrogen-bond donors (Lipinski definition) is 3. The number of aromatic hydroxyl groups is 3. The van der Waals surface area contributed by atoms with Crippen molar-refractivity contribution >= 4 is 0 Å². The first kappa shape index (κ1) is 9.02. The van der Waals surface area contributed by atoms with Gasteiger partial charge in [0.1, 0.15) is 0 Å². The predicted molar refractivity (Wildman–Crippen MR) is 44.3 cm³/mol. The summed E-state index contributed by atoms with van der Waals surface area (Å²) in [6.45, 7) is 0.0118. The van der Waals surface area contributed by atoms with E-state index in [0.717, 1.165) is 0 Å². The van der Waals surface area contributed by atoms with Crippen molar-refractivity contribution in [3.63, 3.8) is 0 Å². The summed E-state index contributed by atoms with van der Waals surface area (Å²) in [6, 6.07) is 2.42. The minimum atomic E-state index is -0.579. The highest BCUT2D eigenvalue weighted by molar-refractivity contribution is 5.50. The summed E-state index contributed by atoms with van der Waals surface area (Å²) in [5, 5.41) is 30.3. The largest absolute Gasteiger partial charge is 0.504 e. The zero-order valence-electron chi connectivity index (χ0n) is 6.55. The van der Waals surface area contributed by atoms with Gasteiger partial charge < -0.3 is 15.3 Å². The second kappa shape index (κ2) is 3.55. The van der Waals surface area contributed by atoms with Gasteiger partial charge in [-0.1, -0.05) is 5.11 Å². The molecule has 0 bridgehead atoms. The molecule has 0 aliphatic carbocycles. The number of azide groups is 1. The Balaban J connectivity index is 3.05. The normalized spacial score (nSPS) is 9.23. The van der Waals surface area contributed by atoms with E-state index in [1.165, 1.54) is 12.1 Å². The number of hydrogen-bond acceptors (Lipinski definition) is 4. The van der Waals surface area contributed by atoms with Crippen LogP contribution in [0.5, 0.6) is 17.2 Å². The summed E-state index contributed by atoms with van der Waals surface area (Å²) in [4.78, 5) is 2.51. The number of phenols is 3. The monoisotopic (exact) mass is 181 g/mol. The average Bonchev–Trinajstić information content (AvgIpc) is 2.10. The van der Waals surface area contributed by atoms with Crippen LogP contribution in [0.4, 0.5) is 0 Å². The Bertz CT molecular complexity index is 348. The fraction of sp³-hybridized carbons (Fsp3) is 0.143. The van der Waals surface area contributed by atoms with Crippen LogP contribution in [0.1, 0.15) is 5.56 Å². The minimum Gasteiger partial charge on any atom is -0.504 e. The van der Waals surface area contributed by atoms with Gasteiger partial charge in [-0.25, -0.2) is 0 Å². The zero-order chi connectivity index (χ0) is 9.84. The van der Waals surface area contributed by atoms with Gasteiger partial charge in [-0.05, 0) is 23.2 Å². The van der Waals surface area contributed by atoms with E-state index in [9.17, 15) is 0 Å². The molecule has 0 atom stereocenters. The molecule has 0 amide bonds. The van der Waals surface area contributed by atoms with E-state index in [0.29, 0.717) is 5.56 Å². The molecular formula is C7H7N3O3. The third kappa shape index (κ3) is 1.94. The van der Waals surface area contributed by atoms with Crippen LogP contribution in [0.25, 0.3) is 10.4 Å². The van der Waals surface area contributed by atoms with E-state index >= 15 is 0 Å². The molecule has 0 fully saturated rings. The van der Waals surface area contributed by atoms with Gasteiger partial charge in [0.2, 0.25) is 0 Å². The summed E-state index contributed by atoms with van der Waals surface area (Å²) in [7, 11) is 0. The first-order valence-corrected chi connectivity index (χ1v) is 3.40. The quantitative estimate of drug-likeness (QED) is 0.279. The van der Waals surface area contributed by atoms with Crippen LogP contribution in [0.2, 0.25) is 0 Å². The number of phenolic OH excluding ortho intramolecular Hbond substituents is 3. The summed E-state index contributed by atoms with van der Waals surface area (Å²) in [5.41, 5.74) is 8.43. The molecule has 0 radical (unpaired) electrons. The molecular weight excluding hydrogens is 174 g/mol. The van der Waals surface area contributed by atoms with Crippen molar-refractivity contribution in [2.45, 2.75) is 6.54 Å². The fourth-order valence-electron chi connectivity index (χ4n) is 0.865. The molecule has 3 N–H and O–H groups in total. The lowest BCUT2D eigenvalue weighted by Crippen LogP contribution is -1.80. The lowest BCUT2D eigenvalue weighted by molar-refractivity contribution is 0.367. The molecule has 1 aromatic carbocycles. The van der Waals surface area contributed by atoms with Gasteiger partial charge in [-0.3, -0.25) is 0 Å². The van der Waals surface area contributed by atoms with Gasteiger partial charge in [-0.2, -0.15) is 0 Å². The molecule has 68 valence electrons. The lowest BCUT2D eigenvalue weighted by Gasteiger charge is -2.02. The highest BCUT2D eigenvalue weighted by Crippen LogP contribution is 2.35. The van der Waals surface area contributed by atoms with Crippen molar-refractivity contribution in [2.24, 2.45) is 5.11 Å². The molecule has 0 aliphatic rings. The van der Waals surface area contributed by atoms with Gasteiger partial charge in [-0.15, -0.1) is 0 Å². The van der Waals surface area contributed by atoms with Crippen LogP contribution < -0.4 is 0 Å². The van der Waals surface area contributed by atoms with Crippen LogP contribution in [-0.2, 0) is 6.54 Å². The molecule has 0 saturated heterocycles. The first-order chi connectivity index (χ1) is 6.15. The van der Waals surface area contributed by atoms with E-state index < -0.39 is 17.2 Å². The van der Waals surface area contributed by atoms with E-state index in [2.05, 4.69) is 10.0 Å². The van der Waals surface area contributed by atoms with Crippen molar-refractivity contribution in [3.8, 4) is 17.2 Å². The smallest absolute Gasteiger partial charge is 0.200 e. The molecule has 0 saturated carbocycles. The van der Waals surface area contributed by atoms with Crippen molar-refractivity contribution in [2.75, 3.05) is 0 Å². The van der Waals surface area contributed by atoms with Crippen LogP contribution in [0.3, 0.4) is 0 Å². The maximum absolute atomic E-state index is 9.04. The first-order valence-electron chi connectivity index (χ1n) is 3.40. The Hall–Kier alpha value is -2.07. The Morgan fingerprint density at radius 2 is 1.77 bits per heavy atom. The molecule has 1 aromatic rings. The van der Waals surface area contributed by atoms with Crippen molar-refractivity contribution in [1.82, 2.24) is 0 Å². The topological polar surface area (TPSA) is 109 Å². The van der Waals surface area contributed by atoms with E-state index in [1.807, 2.05) is 0 Å². The van der Waals surface area contributed by atoms with Gasteiger partial charge >= 0.3 is 0 Å². The highest BCUT2D eigenvalue weighted by Gasteiger charge is 2.06. The Morgan fingerprint density at radius 3 is 2.23 bits per heavy atom. The zero-order valence-corrected chi connectivity index (χ0v) is 6.55. The standard InChI is InChI=1S/C7H7N3O3/c8-10-9-3-4-1-5(11)7(13)6(12)2-4/h1-2,11-13H,3H2. The third-order valence-electron chi connectivity index (χ3n) is 1.45. The third-order valence-corrected chi connectivity index (χ3v) is 1.45. The second-order valence-electron chi connectivity index (χ2n) is 2.37. The Kier molecular flexibility index (Phi) is 2.47. The molecule has 1 rings (SSSR count). The van der Waals surface area contributed by atoms with Crippen LogP contribution in [-0.4, -0.2) is 15.3 Å². The number of rotatable bonds is 2. The summed E-state index contributed by atoms with van der Waals surface area (Å²) in [6.07, 6.45) is 0. The highest BCUT2D eigenvalue weighted by atomic mass is 16.3. The SMILES string of the molecule is [N-]=[N+]=NCc1cc(O)c(O)c(O)c1. The second-order valence-corrected chi connectivity index (χ2v) is 2.37. The summed E-state index contributed by atoms with van der Waals surface area (Å²) < 4.78 is 0. The van der Waals surface area contributed by atoms with Gasteiger partial charge in [0.15, 0.2) is 17.2 Å². The molecule has 0 unspecified atom stereocenters. The van der Waals surface area contributed by atoms with E-state index in [4.69, 9.17) is 20.9 Å². The number of nitrogens with zero attached hydrogens (tertiary/aromatic N) is 3. The number of benzene rings is 1. The maximum atomic E-state index is 9.04. The van der Waals surface area contributed by atoms with E-state index in [1.54, 1.807) is 0 Å². The molecule has 0 spiro atoms. The summed E-state index contributed by atoms with van der Waals surface area (Å²) in [5.74, 6) is -1.46. The molecule has 0 aromatic heterocycles. The predicted octanol–water partition coefficient (Wildman–Crippen LogP) is 1.61. The van der Waals surface area contributed by atoms with Crippen molar-refractivity contribution < 1.29 is 15.3 Å². The fourth-order valence-corrected chi connectivity index (χ4v) is 0.865. The molecule has 0 aliphatic heterocycles. The van der Waals surface area contributed by atoms with E-state index in [-0.39, 0.29) is 6.54 Å². The van der Waals surface area contributed by atoms with Gasteiger partial charge in [0.05, 0.1) is 6.54 Å². The molecule has 6 heteroatoms. The average molecular weight is 181 g/mol. The van der Waals surface area contributed by atoms with Crippen molar-refractivity contribution in [1.29, 1.82) is 0 Å². The Morgan fingerprint density at radius 1 is 1.23 bits per heavy atom. The maximum Gasteiger partial charge on any atom is 0.200 e. The molecule has 6 nitrogen and oxygen atoms in total. The minimum absolute atomic E-state index is 0.0118. The molecule has 0 heterocycles. The lowest BCUT2D eigenvalue weighted by atomic mass is 10.2. The van der Waals surface area contributed by atoms with Crippen LogP contribution in [0, 0.1) is 0 Å². The summed E-state index contributed by atoms with van der Waals surface area (Å²) >= 11 is 0.